The molecule has 0 bridgehead atoms. The summed E-state index contributed by atoms with van der Waals surface area (Å²) in [6, 6.07) is 2.10. The Hall–Kier alpha value is -1.82. The molecule has 1 heterocycles. The van der Waals surface area contributed by atoms with E-state index in [0.29, 0.717) is 35.8 Å². The first kappa shape index (κ1) is 13.6. The molecule has 0 aliphatic carbocycles. The number of carbonyl (C=O) groups is 1. The zero-order chi connectivity index (χ0) is 14.0. The third-order valence-electron chi connectivity index (χ3n) is 2.99. The van der Waals surface area contributed by atoms with E-state index in [0.717, 1.165) is 0 Å². The maximum absolute atomic E-state index is 13.6. The van der Waals surface area contributed by atoms with Gasteiger partial charge in [-0.05, 0) is 36.6 Å². The van der Waals surface area contributed by atoms with Crippen molar-refractivity contribution in [3.63, 3.8) is 0 Å². The molecule has 0 aromatic heterocycles. The Labute approximate surface area is 110 Å². The van der Waals surface area contributed by atoms with Crippen molar-refractivity contribution in [2.45, 2.75) is 25.6 Å². The molecule has 104 valence electrons. The maximum atomic E-state index is 13.6. The van der Waals surface area contributed by atoms with Crippen molar-refractivity contribution in [2.24, 2.45) is 5.73 Å². The highest BCUT2D eigenvalue weighted by Crippen LogP contribution is 2.36. The molecule has 1 aromatic rings. The van der Waals surface area contributed by atoms with E-state index in [4.69, 9.17) is 20.3 Å². The Bertz CT molecular complexity index is 490. The van der Waals surface area contributed by atoms with E-state index in [9.17, 15) is 9.18 Å². The molecule has 0 saturated carbocycles. The van der Waals surface area contributed by atoms with E-state index in [1.807, 2.05) is 0 Å². The quantitative estimate of drug-likeness (QED) is 0.864. The molecule has 5 nitrogen and oxygen atoms in total. The normalized spacial score (nSPS) is 16.8. The van der Waals surface area contributed by atoms with Gasteiger partial charge in [0, 0.05) is 0 Å². The highest BCUT2D eigenvalue weighted by Gasteiger charge is 2.22. The van der Waals surface area contributed by atoms with Crippen molar-refractivity contribution in [2.75, 3.05) is 13.2 Å². The van der Waals surface area contributed by atoms with Crippen LogP contribution in [-0.4, -0.2) is 30.3 Å². The second kappa shape index (κ2) is 5.44. The lowest BCUT2D eigenvalue weighted by Crippen LogP contribution is -2.32. The number of carboxylic acids is 1. The summed E-state index contributed by atoms with van der Waals surface area (Å²) >= 11 is 0. The second-order valence-corrected chi connectivity index (χ2v) is 4.46. The fourth-order valence-corrected chi connectivity index (χ4v) is 2.02. The molecule has 0 saturated heterocycles. The molecular formula is C13H16FNO4. The predicted molar refractivity (Wildman–Crippen MR) is 66.3 cm³/mol. The van der Waals surface area contributed by atoms with Crippen molar-refractivity contribution in [3.05, 3.63) is 23.3 Å². The Morgan fingerprint density at radius 3 is 2.53 bits per heavy atom. The predicted octanol–water partition coefficient (Wildman–Crippen LogP) is 1.44. The third kappa shape index (κ3) is 2.96. The lowest BCUT2D eigenvalue weighted by atomic mass is 9.97. The fourth-order valence-electron chi connectivity index (χ4n) is 2.02. The van der Waals surface area contributed by atoms with Gasteiger partial charge in [-0.3, -0.25) is 4.79 Å². The number of halogens is 1. The number of nitrogens with two attached hydrogens (primary N) is 1. The minimum atomic E-state index is -1.23. The number of hydrogen-bond donors (Lipinski definition) is 2. The molecule has 0 amide bonds. The number of aliphatic carboxylic acids is 1. The monoisotopic (exact) mass is 269 g/mol. The molecule has 2 unspecified atom stereocenters. The van der Waals surface area contributed by atoms with Gasteiger partial charge in [0.25, 0.3) is 0 Å². The molecular weight excluding hydrogens is 253 g/mol. The summed E-state index contributed by atoms with van der Waals surface area (Å²) in [4.78, 5) is 10.8. The molecule has 0 spiro atoms. The number of rotatable bonds is 4. The first-order chi connectivity index (χ1) is 8.99. The smallest absolute Gasteiger partial charge is 0.320 e. The van der Waals surface area contributed by atoms with Gasteiger partial charge in [0.05, 0.1) is 0 Å². The van der Waals surface area contributed by atoms with Crippen molar-refractivity contribution in [3.8, 4) is 11.5 Å². The van der Waals surface area contributed by atoms with Gasteiger partial charge >= 0.3 is 5.97 Å². The van der Waals surface area contributed by atoms with Crippen LogP contribution in [0, 0.1) is 0 Å². The van der Waals surface area contributed by atoms with Crippen molar-refractivity contribution >= 4 is 5.97 Å². The summed E-state index contributed by atoms with van der Waals surface area (Å²) in [7, 11) is 0. The molecule has 2 rings (SSSR count). The van der Waals surface area contributed by atoms with E-state index in [1.165, 1.54) is 6.92 Å². The Morgan fingerprint density at radius 1 is 1.42 bits per heavy atom. The summed E-state index contributed by atoms with van der Waals surface area (Å²) in [5.41, 5.74) is 6.43. The first-order valence-electron chi connectivity index (χ1n) is 6.04. The SMILES string of the molecule is CC(F)c1cc2c(cc1CC(N)C(=O)O)OCCO2. The summed E-state index contributed by atoms with van der Waals surface area (Å²) in [5, 5.41) is 8.84. The van der Waals surface area contributed by atoms with Crippen molar-refractivity contribution in [1.29, 1.82) is 0 Å². The molecule has 3 N–H and O–H groups in total. The van der Waals surface area contributed by atoms with Crippen molar-refractivity contribution in [1.82, 2.24) is 0 Å². The molecule has 1 aliphatic heterocycles. The van der Waals surface area contributed by atoms with Gasteiger partial charge in [-0.25, -0.2) is 4.39 Å². The molecule has 6 heteroatoms. The highest BCUT2D eigenvalue weighted by atomic mass is 19.1. The summed E-state index contributed by atoms with van der Waals surface area (Å²) in [5.74, 6) is -0.131. The molecule has 0 radical (unpaired) electrons. The van der Waals surface area contributed by atoms with Crippen LogP contribution in [-0.2, 0) is 11.2 Å². The van der Waals surface area contributed by atoms with Crippen LogP contribution in [0.5, 0.6) is 11.5 Å². The highest BCUT2D eigenvalue weighted by molar-refractivity contribution is 5.73. The molecule has 2 atom stereocenters. The van der Waals surface area contributed by atoms with E-state index in [2.05, 4.69) is 0 Å². The van der Waals surface area contributed by atoms with Gasteiger partial charge in [-0.15, -0.1) is 0 Å². The van der Waals surface area contributed by atoms with Gasteiger partial charge in [0.2, 0.25) is 0 Å². The zero-order valence-corrected chi connectivity index (χ0v) is 10.6. The average molecular weight is 269 g/mol. The van der Waals surface area contributed by atoms with Crippen LogP contribution in [0.1, 0.15) is 24.2 Å². The number of carboxylic acid groups (broad SMARTS) is 1. The topological polar surface area (TPSA) is 81.8 Å². The van der Waals surface area contributed by atoms with Crippen LogP contribution in [0.3, 0.4) is 0 Å². The number of hydrogen-bond acceptors (Lipinski definition) is 4. The lowest BCUT2D eigenvalue weighted by Gasteiger charge is -2.22. The fraction of sp³-hybridized carbons (Fsp3) is 0.462. The second-order valence-electron chi connectivity index (χ2n) is 4.46. The zero-order valence-electron chi connectivity index (χ0n) is 10.6. The van der Waals surface area contributed by atoms with Crippen LogP contribution in [0.15, 0.2) is 12.1 Å². The Kier molecular flexibility index (Phi) is 3.90. The maximum Gasteiger partial charge on any atom is 0.320 e. The number of benzene rings is 1. The van der Waals surface area contributed by atoms with Gasteiger partial charge in [-0.2, -0.15) is 0 Å². The lowest BCUT2D eigenvalue weighted by molar-refractivity contribution is -0.138. The third-order valence-corrected chi connectivity index (χ3v) is 2.99. The largest absolute Gasteiger partial charge is 0.486 e. The number of alkyl halides is 1. The van der Waals surface area contributed by atoms with E-state index in [-0.39, 0.29) is 6.42 Å². The van der Waals surface area contributed by atoms with Crippen molar-refractivity contribution < 1.29 is 23.8 Å². The standard InChI is InChI=1S/C13H16FNO4/c1-7(14)9-6-12-11(18-2-3-19-12)5-8(9)4-10(15)13(16)17/h5-7,10H,2-4,15H2,1H3,(H,16,17). The first-order valence-corrected chi connectivity index (χ1v) is 6.04. The van der Waals surface area contributed by atoms with Gasteiger partial charge in [-0.1, -0.05) is 0 Å². The summed E-state index contributed by atoms with van der Waals surface area (Å²) < 4.78 is 24.4. The summed E-state index contributed by atoms with van der Waals surface area (Å²) in [6.07, 6.45) is -1.18. The minimum Gasteiger partial charge on any atom is -0.486 e. The van der Waals surface area contributed by atoms with Gasteiger partial charge in [0.1, 0.15) is 25.4 Å². The molecule has 0 fully saturated rings. The van der Waals surface area contributed by atoms with E-state index >= 15 is 0 Å². The molecule has 1 aliphatic rings. The Morgan fingerprint density at radius 2 is 2.00 bits per heavy atom. The van der Waals surface area contributed by atoms with Crippen LogP contribution in [0.4, 0.5) is 4.39 Å². The van der Waals surface area contributed by atoms with Gasteiger partial charge < -0.3 is 20.3 Å². The van der Waals surface area contributed by atoms with Gasteiger partial charge in [0.15, 0.2) is 11.5 Å². The minimum absolute atomic E-state index is 0.0512. The van der Waals surface area contributed by atoms with Crippen LogP contribution in [0.25, 0.3) is 0 Å². The molecule has 19 heavy (non-hydrogen) atoms. The Balaban J connectivity index is 2.37. The van der Waals surface area contributed by atoms with Crippen LogP contribution < -0.4 is 15.2 Å². The van der Waals surface area contributed by atoms with E-state index in [1.54, 1.807) is 12.1 Å². The number of ether oxygens (including phenoxy) is 2. The van der Waals surface area contributed by atoms with Crippen LogP contribution >= 0.6 is 0 Å². The van der Waals surface area contributed by atoms with E-state index < -0.39 is 18.2 Å². The number of fused-ring (bicyclic) bond motifs is 1. The van der Waals surface area contributed by atoms with Crippen LogP contribution in [0.2, 0.25) is 0 Å². The summed E-state index contributed by atoms with van der Waals surface area (Å²) in [6.45, 7) is 2.23. The average Bonchev–Trinajstić information content (AvgIpc) is 2.37. The molecule has 1 aromatic carbocycles.